The third kappa shape index (κ3) is 3.78. The van der Waals surface area contributed by atoms with E-state index in [0.717, 1.165) is 16.3 Å². The Kier molecular flexibility index (Phi) is 4.69. The largest absolute Gasteiger partial charge is 0.496 e. The van der Waals surface area contributed by atoms with Crippen LogP contribution in [-0.2, 0) is 10.1 Å². The molecule has 0 bridgehead atoms. The first kappa shape index (κ1) is 16.9. The van der Waals surface area contributed by atoms with Gasteiger partial charge in [-0.25, -0.2) is 0 Å². The number of nitrogens with one attached hydrogen (secondary N) is 1. The number of anilines is 1. The first-order valence-corrected chi connectivity index (χ1v) is 8.85. The highest BCUT2D eigenvalue weighted by Crippen LogP contribution is 2.26. The summed E-state index contributed by atoms with van der Waals surface area (Å²) < 4.78 is 36.4. The maximum atomic E-state index is 11.0. The van der Waals surface area contributed by atoms with E-state index in [1.54, 1.807) is 13.3 Å². The van der Waals surface area contributed by atoms with Gasteiger partial charge in [0.15, 0.2) is 0 Å². The molecule has 0 aliphatic carbocycles. The summed E-state index contributed by atoms with van der Waals surface area (Å²) in [5, 5.41) is 6.28. The minimum atomic E-state index is -4.20. The molecule has 7 heteroatoms. The van der Waals surface area contributed by atoms with Crippen molar-refractivity contribution in [3.8, 4) is 5.75 Å². The van der Waals surface area contributed by atoms with Gasteiger partial charge in [-0.2, -0.15) is 13.5 Å². The Morgan fingerprint density at radius 3 is 2.44 bits per heavy atom. The second-order valence-corrected chi connectivity index (χ2v) is 6.69. The van der Waals surface area contributed by atoms with Crippen molar-refractivity contribution in [2.24, 2.45) is 5.10 Å². The van der Waals surface area contributed by atoms with Crippen LogP contribution in [0.15, 0.2) is 70.7 Å². The molecule has 3 aromatic rings. The normalized spacial score (nSPS) is 11.8. The van der Waals surface area contributed by atoms with Crippen molar-refractivity contribution < 1.29 is 17.7 Å². The summed E-state index contributed by atoms with van der Waals surface area (Å²) in [6, 6.07) is 17.4. The lowest BCUT2D eigenvalue weighted by Crippen LogP contribution is -1.98. The first-order valence-electron chi connectivity index (χ1n) is 7.41. The summed E-state index contributed by atoms with van der Waals surface area (Å²) in [5.74, 6) is 0.700. The summed E-state index contributed by atoms with van der Waals surface area (Å²) in [5.41, 5.74) is 4.25. The van der Waals surface area contributed by atoms with Crippen LogP contribution in [0.1, 0.15) is 5.56 Å². The number of fused-ring (bicyclic) bond motifs is 1. The topological polar surface area (TPSA) is 88.0 Å². The van der Waals surface area contributed by atoms with Crippen molar-refractivity contribution in [2.75, 3.05) is 12.5 Å². The molecule has 128 valence electrons. The van der Waals surface area contributed by atoms with E-state index in [0.29, 0.717) is 11.4 Å². The number of hydrogen-bond acceptors (Lipinski definition) is 5. The highest BCUT2D eigenvalue weighted by molar-refractivity contribution is 7.85. The summed E-state index contributed by atoms with van der Waals surface area (Å²) >= 11 is 0. The number of methoxy groups -OCH3 is 1. The van der Waals surface area contributed by atoms with Crippen LogP contribution in [-0.4, -0.2) is 26.3 Å². The Morgan fingerprint density at radius 2 is 1.76 bits per heavy atom. The van der Waals surface area contributed by atoms with Gasteiger partial charge in [0.25, 0.3) is 10.1 Å². The van der Waals surface area contributed by atoms with Crippen LogP contribution in [0.3, 0.4) is 0 Å². The SMILES string of the molecule is COc1ccc2ccccc2c1/C=N/Nc1ccc(S(=O)(=O)O)cc1. The molecule has 3 aromatic carbocycles. The number of hydrazone groups is 1. The molecule has 0 heterocycles. The van der Waals surface area contributed by atoms with Crippen LogP contribution < -0.4 is 10.2 Å². The minimum absolute atomic E-state index is 0.169. The Labute approximate surface area is 145 Å². The predicted octanol–water partition coefficient (Wildman–Crippen LogP) is 3.54. The maximum absolute atomic E-state index is 11.0. The predicted molar refractivity (Wildman–Crippen MR) is 98.0 cm³/mol. The zero-order chi connectivity index (χ0) is 17.9. The maximum Gasteiger partial charge on any atom is 0.294 e. The average Bonchev–Trinajstić information content (AvgIpc) is 2.61. The molecule has 0 aliphatic rings. The quantitative estimate of drug-likeness (QED) is 0.415. The summed E-state index contributed by atoms with van der Waals surface area (Å²) in [4.78, 5) is -0.169. The van der Waals surface area contributed by atoms with Crippen LogP contribution in [0, 0.1) is 0 Å². The van der Waals surface area contributed by atoms with Crippen molar-refractivity contribution in [3.63, 3.8) is 0 Å². The highest BCUT2D eigenvalue weighted by atomic mass is 32.2. The van der Waals surface area contributed by atoms with Gasteiger partial charge in [-0.3, -0.25) is 9.98 Å². The zero-order valence-electron chi connectivity index (χ0n) is 13.4. The molecule has 0 spiro atoms. The number of benzene rings is 3. The minimum Gasteiger partial charge on any atom is -0.496 e. The number of hydrogen-bond donors (Lipinski definition) is 2. The molecule has 0 fully saturated rings. The van der Waals surface area contributed by atoms with E-state index >= 15 is 0 Å². The number of ether oxygens (including phenoxy) is 1. The fourth-order valence-corrected chi connectivity index (χ4v) is 2.94. The van der Waals surface area contributed by atoms with Crippen molar-refractivity contribution in [1.29, 1.82) is 0 Å². The van der Waals surface area contributed by atoms with E-state index in [9.17, 15) is 8.42 Å². The van der Waals surface area contributed by atoms with E-state index in [1.807, 2.05) is 36.4 Å². The molecular weight excluding hydrogens is 340 g/mol. The Hall–Kier alpha value is -2.90. The molecule has 0 atom stereocenters. The standard InChI is InChI=1S/C18H16N2O4S/c1-24-18-11-6-13-4-2-3-5-16(13)17(18)12-19-20-14-7-9-15(10-8-14)25(21,22)23/h2-12,20H,1H3,(H,21,22,23)/b19-12+. The molecular formula is C18H16N2O4S. The van der Waals surface area contributed by atoms with E-state index in [4.69, 9.17) is 9.29 Å². The molecule has 2 N–H and O–H groups in total. The molecule has 0 aromatic heterocycles. The Balaban J connectivity index is 1.86. The molecule has 0 saturated heterocycles. The molecule has 0 amide bonds. The van der Waals surface area contributed by atoms with Crippen LogP contribution in [0.5, 0.6) is 5.75 Å². The van der Waals surface area contributed by atoms with E-state index in [2.05, 4.69) is 10.5 Å². The van der Waals surface area contributed by atoms with Crippen molar-refractivity contribution in [2.45, 2.75) is 4.90 Å². The monoisotopic (exact) mass is 356 g/mol. The fourth-order valence-electron chi connectivity index (χ4n) is 2.46. The van der Waals surface area contributed by atoms with Crippen LogP contribution in [0.4, 0.5) is 5.69 Å². The van der Waals surface area contributed by atoms with E-state index < -0.39 is 10.1 Å². The third-order valence-electron chi connectivity index (χ3n) is 3.69. The fraction of sp³-hybridized carbons (Fsp3) is 0.0556. The molecule has 0 aliphatic heterocycles. The number of nitrogens with zero attached hydrogens (tertiary/aromatic N) is 1. The highest BCUT2D eigenvalue weighted by Gasteiger charge is 2.08. The molecule has 25 heavy (non-hydrogen) atoms. The van der Waals surface area contributed by atoms with Gasteiger partial charge in [0.2, 0.25) is 0 Å². The van der Waals surface area contributed by atoms with Crippen molar-refractivity contribution >= 4 is 32.8 Å². The number of rotatable bonds is 5. The lowest BCUT2D eigenvalue weighted by atomic mass is 10.0. The first-order chi connectivity index (χ1) is 12.0. The van der Waals surface area contributed by atoms with Gasteiger partial charge in [0.05, 0.1) is 23.9 Å². The Morgan fingerprint density at radius 1 is 1.04 bits per heavy atom. The summed E-state index contributed by atoms with van der Waals surface area (Å²) in [6.45, 7) is 0. The van der Waals surface area contributed by atoms with Crippen LogP contribution in [0.25, 0.3) is 10.8 Å². The lowest BCUT2D eigenvalue weighted by Gasteiger charge is -2.08. The molecule has 0 unspecified atom stereocenters. The van der Waals surface area contributed by atoms with Crippen molar-refractivity contribution in [1.82, 2.24) is 0 Å². The Bertz CT molecular complexity index is 1030. The smallest absolute Gasteiger partial charge is 0.294 e. The van der Waals surface area contributed by atoms with Crippen molar-refractivity contribution in [3.05, 3.63) is 66.2 Å². The second-order valence-electron chi connectivity index (χ2n) is 5.27. The van der Waals surface area contributed by atoms with Gasteiger partial charge < -0.3 is 4.74 Å². The van der Waals surface area contributed by atoms with E-state index in [1.165, 1.54) is 24.3 Å². The van der Waals surface area contributed by atoms with Crippen LogP contribution in [0.2, 0.25) is 0 Å². The van der Waals surface area contributed by atoms with E-state index in [-0.39, 0.29) is 4.90 Å². The second kappa shape index (κ2) is 6.92. The average molecular weight is 356 g/mol. The van der Waals surface area contributed by atoms with Gasteiger partial charge >= 0.3 is 0 Å². The van der Waals surface area contributed by atoms with Gasteiger partial charge in [-0.15, -0.1) is 0 Å². The summed E-state index contributed by atoms with van der Waals surface area (Å²) in [7, 11) is -2.60. The molecule has 0 radical (unpaired) electrons. The summed E-state index contributed by atoms with van der Waals surface area (Å²) in [6.07, 6.45) is 1.65. The molecule has 6 nitrogen and oxygen atoms in total. The third-order valence-corrected chi connectivity index (χ3v) is 4.56. The van der Waals surface area contributed by atoms with Crippen LogP contribution >= 0.6 is 0 Å². The molecule has 0 saturated carbocycles. The zero-order valence-corrected chi connectivity index (χ0v) is 14.2. The van der Waals surface area contributed by atoms with Gasteiger partial charge in [-0.1, -0.05) is 30.3 Å². The van der Waals surface area contributed by atoms with Gasteiger partial charge in [-0.05, 0) is 41.1 Å². The van der Waals surface area contributed by atoms with Gasteiger partial charge in [0, 0.05) is 5.56 Å². The lowest BCUT2D eigenvalue weighted by molar-refractivity contribution is 0.415. The molecule has 3 rings (SSSR count). The van der Waals surface area contributed by atoms with Gasteiger partial charge in [0.1, 0.15) is 5.75 Å².